The Bertz CT molecular complexity index is 637. The summed E-state index contributed by atoms with van der Waals surface area (Å²) < 4.78 is 18.6. The van der Waals surface area contributed by atoms with Gasteiger partial charge in [-0.15, -0.1) is 0 Å². The molecule has 0 aromatic heterocycles. The molecular weight excluding hydrogens is 295 g/mol. The first-order chi connectivity index (χ1) is 11.1. The monoisotopic (exact) mass is 316 g/mol. The molecule has 3 nitrogen and oxygen atoms in total. The van der Waals surface area contributed by atoms with Crippen LogP contribution in [0.3, 0.4) is 0 Å². The summed E-state index contributed by atoms with van der Waals surface area (Å²) in [6, 6.07) is 13.5. The molecule has 23 heavy (non-hydrogen) atoms. The van der Waals surface area contributed by atoms with Crippen LogP contribution in [0.5, 0.6) is 5.75 Å². The van der Waals surface area contributed by atoms with Crippen molar-refractivity contribution in [3.8, 4) is 5.75 Å². The molecule has 122 valence electrons. The van der Waals surface area contributed by atoms with Gasteiger partial charge >= 0.3 is 5.97 Å². The highest BCUT2D eigenvalue weighted by molar-refractivity contribution is 5.75. The van der Waals surface area contributed by atoms with Crippen LogP contribution in [0, 0.1) is 12.7 Å². The van der Waals surface area contributed by atoms with E-state index in [-0.39, 0.29) is 5.82 Å². The maximum absolute atomic E-state index is 12.9. The van der Waals surface area contributed by atoms with Crippen LogP contribution in [0.2, 0.25) is 0 Å². The predicted molar refractivity (Wildman–Crippen MR) is 87.3 cm³/mol. The van der Waals surface area contributed by atoms with Gasteiger partial charge in [-0.1, -0.05) is 24.3 Å². The highest BCUT2D eigenvalue weighted by atomic mass is 19.1. The van der Waals surface area contributed by atoms with Crippen LogP contribution in [-0.4, -0.2) is 17.7 Å². The number of benzene rings is 2. The van der Waals surface area contributed by atoms with Gasteiger partial charge in [0.05, 0.1) is 12.5 Å². The van der Waals surface area contributed by atoms with Crippen molar-refractivity contribution >= 4 is 5.97 Å². The van der Waals surface area contributed by atoms with Crippen molar-refractivity contribution in [2.24, 2.45) is 0 Å². The third-order valence-electron chi connectivity index (χ3n) is 3.72. The van der Waals surface area contributed by atoms with Gasteiger partial charge in [0.2, 0.25) is 0 Å². The number of halogens is 1. The van der Waals surface area contributed by atoms with Crippen molar-refractivity contribution in [3.05, 3.63) is 65.5 Å². The van der Waals surface area contributed by atoms with E-state index in [0.717, 1.165) is 24.2 Å². The number of rotatable bonds is 8. The lowest BCUT2D eigenvalue weighted by Gasteiger charge is -2.13. The Morgan fingerprint density at radius 2 is 1.91 bits per heavy atom. The van der Waals surface area contributed by atoms with Gasteiger partial charge in [-0.05, 0) is 61.6 Å². The summed E-state index contributed by atoms with van der Waals surface area (Å²) >= 11 is 0. The molecule has 0 spiro atoms. The molecule has 2 aromatic rings. The number of carboxylic acids is 1. The van der Waals surface area contributed by atoms with E-state index in [2.05, 4.69) is 0 Å². The van der Waals surface area contributed by atoms with E-state index in [0.29, 0.717) is 18.6 Å². The number of hydrogen-bond acceptors (Lipinski definition) is 2. The van der Waals surface area contributed by atoms with Crippen molar-refractivity contribution in [2.45, 2.75) is 32.1 Å². The van der Waals surface area contributed by atoms with E-state index in [1.165, 1.54) is 24.3 Å². The predicted octanol–water partition coefficient (Wildman–Crippen LogP) is 4.55. The van der Waals surface area contributed by atoms with Crippen LogP contribution in [0.15, 0.2) is 48.5 Å². The molecule has 0 saturated heterocycles. The molecule has 0 bridgehead atoms. The third kappa shape index (κ3) is 5.40. The zero-order valence-electron chi connectivity index (χ0n) is 13.2. The first-order valence-corrected chi connectivity index (χ1v) is 7.74. The highest BCUT2D eigenvalue weighted by Gasteiger charge is 2.19. The lowest BCUT2D eigenvalue weighted by molar-refractivity contribution is -0.139. The molecule has 1 atom stereocenters. The molecule has 0 radical (unpaired) electrons. The Labute approximate surface area is 135 Å². The van der Waals surface area contributed by atoms with Crippen LogP contribution >= 0.6 is 0 Å². The number of hydrogen-bond donors (Lipinski definition) is 1. The summed E-state index contributed by atoms with van der Waals surface area (Å²) in [5.74, 6) is -1.01. The van der Waals surface area contributed by atoms with E-state index in [1.54, 1.807) is 0 Å². The van der Waals surface area contributed by atoms with Gasteiger partial charge in [-0.2, -0.15) is 0 Å². The normalized spacial score (nSPS) is 11.9. The van der Waals surface area contributed by atoms with E-state index in [9.17, 15) is 14.3 Å². The minimum Gasteiger partial charge on any atom is -0.494 e. The Morgan fingerprint density at radius 3 is 2.57 bits per heavy atom. The van der Waals surface area contributed by atoms with Gasteiger partial charge in [-0.25, -0.2) is 4.39 Å². The van der Waals surface area contributed by atoms with E-state index in [4.69, 9.17) is 4.74 Å². The Hall–Kier alpha value is -2.36. The molecule has 1 N–H and O–H groups in total. The van der Waals surface area contributed by atoms with Gasteiger partial charge in [0.1, 0.15) is 11.6 Å². The van der Waals surface area contributed by atoms with Crippen LogP contribution in [0.1, 0.15) is 36.3 Å². The molecule has 4 heteroatoms. The molecule has 0 amide bonds. The van der Waals surface area contributed by atoms with Crippen LogP contribution in [0.25, 0.3) is 0 Å². The first-order valence-electron chi connectivity index (χ1n) is 7.74. The van der Waals surface area contributed by atoms with Crippen LogP contribution < -0.4 is 4.74 Å². The minimum atomic E-state index is -0.879. The fourth-order valence-electron chi connectivity index (χ4n) is 2.47. The molecule has 0 heterocycles. The summed E-state index contributed by atoms with van der Waals surface area (Å²) in [7, 11) is 0. The van der Waals surface area contributed by atoms with Gasteiger partial charge in [0, 0.05) is 0 Å². The second-order valence-corrected chi connectivity index (χ2v) is 5.60. The summed E-state index contributed by atoms with van der Waals surface area (Å²) in [5.41, 5.74) is 1.78. The first kappa shape index (κ1) is 17.0. The molecule has 2 rings (SSSR count). The van der Waals surface area contributed by atoms with E-state index < -0.39 is 11.9 Å². The van der Waals surface area contributed by atoms with Crippen LogP contribution in [0.4, 0.5) is 4.39 Å². The number of ether oxygens (including phenoxy) is 1. The fraction of sp³-hybridized carbons (Fsp3) is 0.316. The SMILES string of the molecule is Cc1cccc(OCCCCC(C(=O)O)c2ccc(F)cc2)c1. The molecule has 0 aliphatic heterocycles. The minimum absolute atomic E-state index is 0.357. The van der Waals surface area contributed by atoms with Crippen molar-refractivity contribution < 1.29 is 19.0 Å². The zero-order valence-corrected chi connectivity index (χ0v) is 13.2. The average Bonchev–Trinajstić information content (AvgIpc) is 2.52. The van der Waals surface area contributed by atoms with Gasteiger partial charge < -0.3 is 9.84 Å². The topological polar surface area (TPSA) is 46.5 Å². The molecule has 0 aliphatic carbocycles. The highest BCUT2D eigenvalue weighted by Crippen LogP contribution is 2.23. The quantitative estimate of drug-likeness (QED) is 0.727. The summed E-state index contributed by atoms with van der Waals surface area (Å²) in [6.07, 6.45) is 2.03. The summed E-state index contributed by atoms with van der Waals surface area (Å²) in [4.78, 5) is 11.4. The van der Waals surface area contributed by atoms with Gasteiger partial charge in [-0.3, -0.25) is 4.79 Å². The molecular formula is C19H21FO3. The third-order valence-corrected chi connectivity index (χ3v) is 3.72. The molecule has 0 saturated carbocycles. The van der Waals surface area contributed by atoms with Crippen molar-refractivity contribution in [2.75, 3.05) is 6.61 Å². The lowest BCUT2D eigenvalue weighted by atomic mass is 9.94. The van der Waals surface area contributed by atoms with E-state index >= 15 is 0 Å². The second kappa shape index (κ2) is 8.32. The maximum atomic E-state index is 12.9. The Morgan fingerprint density at radius 1 is 1.17 bits per heavy atom. The standard InChI is InChI=1S/C19H21FO3/c1-14-5-4-6-17(13-14)23-12-3-2-7-18(19(21)22)15-8-10-16(20)11-9-15/h4-6,8-11,13,18H,2-3,7,12H2,1H3,(H,21,22). The molecule has 1 unspecified atom stereocenters. The van der Waals surface area contributed by atoms with Gasteiger partial charge in [0.25, 0.3) is 0 Å². The summed E-state index contributed by atoms with van der Waals surface area (Å²) in [5, 5.41) is 9.34. The van der Waals surface area contributed by atoms with Crippen molar-refractivity contribution in [1.82, 2.24) is 0 Å². The zero-order chi connectivity index (χ0) is 16.7. The van der Waals surface area contributed by atoms with Crippen molar-refractivity contribution in [1.29, 1.82) is 0 Å². The van der Waals surface area contributed by atoms with Crippen LogP contribution in [-0.2, 0) is 4.79 Å². The second-order valence-electron chi connectivity index (χ2n) is 5.60. The Balaban J connectivity index is 1.78. The molecule has 0 fully saturated rings. The Kier molecular flexibility index (Phi) is 6.15. The fourth-order valence-corrected chi connectivity index (χ4v) is 2.47. The number of aliphatic carboxylic acids is 1. The maximum Gasteiger partial charge on any atom is 0.310 e. The number of carboxylic acid groups (broad SMARTS) is 1. The number of unbranched alkanes of at least 4 members (excludes halogenated alkanes) is 1. The summed E-state index contributed by atoms with van der Waals surface area (Å²) in [6.45, 7) is 2.56. The molecule has 0 aliphatic rings. The largest absolute Gasteiger partial charge is 0.494 e. The lowest BCUT2D eigenvalue weighted by Crippen LogP contribution is -2.12. The molecule has 2 aromatic carbocycles. The van der Waals surface area contributed by atoms with Gasteiger partial charge in [0.15, 0.2) is 0 Å². The number of aryl methyl sites for hydroxylation is 1. The van der Waals surface area contributed by atoms with Crippen molar-refractivity contribution in [3.63, 3.8) is 0 Å². The number of carbonyl (C=O) groups is 1. The van der Waals surface area contributed by atoms with E-state index in [1.807, 2.05) is 31.2 Å². The smallest absolute Gasteiger partial charge is 0.310 e. The average molecular weight is 316 g/mol.